The van der Waals surface area contributed by atoms with Crippen molar-refractivity contribution < 1.29 is 9.21 Å². The van der Waals surface area contributed by atoms with Crippen LogP contribution >= 0.6 is 0 Å². The molecule has 0 atom stereocenters. The maximum absolute atomic E-state index is 12.2. The van der Waals surface area contributed by atoms with E-state index in [4.69, 9.17) is 4.42 Å². The maximum atomic E-state index is 12.2. The van der Waals surface area contributed by atoms with Gasteiger partial charge in [0.15, 0.2) is 5.58 Å². The normalized spacial score (nSPS) is 10.9. The summed E-state index contributed by atoms with van der Waals surface area (Å²) in [5.41, 5.74) is 5.05. The lowest BCUT2D eigenvalue weighted by Gasteiger charge is -2.08. The fraction of sp³-hybridized carbons (Fsp3) is 0.222. The van der Waals surface area contributed by atoms with Gasteiger partial charge in [-0.05, 0) is 54.8 Å². The summed E-state index contributed by atoms with van der Waals surface area (Å²) in [6.45, 7) is 3.99. The zero-order valence-electron chi connectivity index (χ0n) is 13.3. The quantitative estimate of drug-likeness (QED) is 0.809. The van der Waals surface area contributed by atoms with E-state index in [1.165, 1.54) is 4.57 Å². The minimum Gasteiger partial charge on any atom is -0.408 e. The van der Waals surface area contributed by atoms with Gasteiger partial charge in [0.1, 0.15) is 0 Å². The molecule has 1 heterocycles. The molecule has 0 radical (unpaired) electrons. The fourth-order valence-corrected chi connectivity index (χ4v) is 2.72. The molecule has 1 amide bonds. The van der Waals surface area contributed by atoms with Gasteiger partial charge >= 0.3 is 5.76 Å². The van der Waals surface area contributed by atoms with Crippen molar-refractivity contribution in [3.05, 3.63) is 63.6 Å². The second-order valence-electron chi connectivity index (χ2n) is 5.83. The molecule has 118 valence electrons. The molecule has 5 heteroatoms. The molecular formula is C18H18N2O3. The van der Waals surface area contributed by atoms with E-state index in [1.54, 1.807) is 25.2 Å². The van der Waals surface area contributed by atoms with Gasteiger partial charge in [-0.3, -0.25) is 9.36 Å². The molecule has 0 aliphatic heterocycles. The van der Waals surface area contributed by atoms with Gasteiger partial charge in [-0.15, -0.1) is 0 Å². The molecular weight excluding hydrogens is 292 g/mol. The van der Waals surface area contributed by atoms with E-state index in [0.29, 0.717) is 11.1 Å². The first-order valence-corrected chi connectivity index (χ1v) is 7.39. The average molecular weight is 310 g/mol. The van der Waals surface area contributed by atoms with Crippen LogP contribution in [0.3, 0.4) is 0 Å². The summed E-state index contributed by atoms with van der Waals surface area (Å²) in [5.74, 6) is -0.500. The first-order valence-electron chi connectivity index (χ1n) is 7.39. The molecule has 1 N–H and O–H groups in total. The van der Waals surface area contributed by atoms with Gasteiger partial charge in [-0.2, -0.15) is 0 Å². The Hall–Kier alpha value is -2.82. The Morgan fingerprint density at radius 3 is 2.52 bits per heavy atom. The molecule has 1 aromatic heterocycles. The zero-order chi connectivity index (χ0) is 16.6. The fourth-order valence-electron chi connectivity index (χ4n) is 2.72. The van der Waals surface area contributed by atoms with E-state index in [0.717, 1.165) is 22.4 Å². The molecule has 0 fully saturated rings. The number of hydrogen-bond acceptors (Lipinski definition) is 3. The summed E-state index contributed by atoms with van der Waals surface area (Å²) in [7, 11) is 1.65. The molecule has 3 aromatic rings. The number of fused-ring (bicyclic) bond motifs is 1. The van der Waals surface area contributed by atoms with Gasteiger partial charge in [0.25, 0.3) is 0 Å². The maximum Gasteiger partial charge on any atom is 0.419 e. The Morgan fingerprint density at radius 1 is 1.13 bits per heavy atom. The van der Waals surface area contributed by atoms with Crippen LogP contribution in [0.4, 0.5) is 5.69 Å². The number of rotatable bonds is 3. The molecule has 0 aliphatic rings. The predicted octanol–water partition coefficient (Wildman–Crippen LogP) is 2.93. The second kappa shape index (κ2) is 5.76. The van der Waals surface area contributed by atoms with Crippen molar-refractivity contribution in [1.29, 1.82) is 0 Å². The number of nitrogens with zero attached hydrogens (tertiary/aromatic N) is 1. The highest BCUT2D eigenvalue weighted by atomic mass is 16.4. The first-order chi connectivity index (χ1) is 10.9. The van der Waals surface area contributed by atoms with Crippen molar-refractivity contribution in [2.45, 2.75) is 20.3 Å². The van der Waals surface area contributed by atoms with Crippen LogP contribution in [-0.2, 0) is 18.3 Å². The van der Waals surface area contributed by atoms with Crippen LogP contribution < -0.4 is 11.1 Å². The highest BCUT2D eigenvalue weighted by Gasteiger charge is 2.09. The Balaban J connectivity index is 1.79. The Bertz CT molecular complexity index is 930. The Kier molecular flexibility index (Phi) is 3.78. The summed E-state index contributed by atoms with van der Waals surface area (Å²) in [6, 6.07) is 11.3. The monoisotopic (exact) mass is 310 g/mol. The van der Waals surface area contributed by atoms with Crippen molar-refractivity contribution in [3.8, 4) is 0 Å². The minimum absolute atomic E-state index is 0.0946. The van der Waals surface area contributed by atoms with Crippen molar-refractivity contribution in [2.24, 2.45) is 7.05 Å². The number of benzene rings is 2. The lowest BCUT2D eigenvalue weighted by Crippen LogP contribution is -2.14. The van der Waals surface area contributed by atoms with Crippen LogP contribution in [0.15, 0.2) is 45.6 Å². The summed E-state index contributed by atoms with van der Waals surface area (Å²) in [5, 5.41) is 2.91. The number of carbonyl (C=O) groups excluding carboxylic acids is 1. The van der Waals surface area contributed by atoms with Crippen molar-refractivity contribution in [2.75, 3.05) is 5.32 Å². The smallest absolute Gasteiger partial charge is 0.408 e. The molecule has 3 rings (SSSR count). The SMILES string of the molecule is Cc1cc(C)cc(NC(=O)Cc2ccc3oc(=O)n(C)c3c2)c1. The molecule has 23 heavy (non-hydrogen) atoms. The third-order valence-electron chi connectivity index (χ3n) is 3.73. The van der Waals surface area contributed by atoms with E-state index >= 15 is 0 Å². The Labute approximate surface area is 133 Å². The molecule has 5 nitrogen and oxygen atoms in total. The average Bonchev–Trinajstić information content (AvgIpc) is 2.73. The van der Waals surface area contributed by atoms with E-state index in [9.17, 15) is 9.59 Å². The molecule has 0 unspecified atom stereocenters. The number of carbonyl (C=O) groups is 1. The number of aromatic nitrogens is 1. The van der Waals surface area contributed by atoms with Crippen LogP contribution in [0.5, 0.6) is 0 Å². The summed E-state index contributed by atoms with van der Waals surface area (Å²) >= 11 is 0. The van der Waals surface area contributed by atoms with Gasteiger partial charge in [0.2, 0.25) is 5.91 Å². The molecule has 0 saturated carbocycles. The highest BCUT2D eigenvalue weighted by molar-refractivity contribution is 5.93. The standard InChI is InChI=1S/C18H18N2O3/c1-11-6-12(2)8-14(7-11)19-17(21)10-13-4-5-16-15(9-13)20(3)18(22)23-16/h4-9H,10H2,1-3H3,(H,19,21). The summed E-state index contributed by atoms with van der Waals surface area (Å²) < 4.78 is 6.52. The molecule has 0 saturated heterocycles. The van der Waals surface area contributed by atoms with Crippen molar-refractivity contribution >= 4 is 22.7 Å². The second-order valence-corrected chi connectivity index (χ2v) is 5.83. The largest absolute Gasteiger partial charge is 0.419 e. The number of amides is 1. The molecule has 0 bridgehead atoms. The van der Waals surface area contributed by atoms with Gasteiger partial charge < -0.3 is 9.73 Å². The summed E-state index contributed by atoms with van der Waals surface area (Å²) in [4.78, 5) is 23.7. The minimum atomic E-state index is -0.406. The summed E-state index contributed by atoms with van der Waals surface area (Å²) in [6.07, 6.45) is 0.238. The first kappa shape index (κ1) is 15.1. The van der Waals surface area contributed by atoms with Crippen LogP contribution in [0, 0.1) is 13.8 Å². The van der Waals surface area contributed by atoms with E-state index in [1.807, 2.05) is 26.0 Å². The van der Waals surface area contributed by atoms with Crippen LogP contribution in [0.25, 0.3) is 11.1 Å². The lowest BCUT2D eigenvalue weighted by molar-refractivity contribution is -0.115. The number of aryl methyl sites for hydroxylation is 3. The van der Waals surface area contributed by atoms with Crippen LogP contribution in [0.2, 0.25) is 0 Å². The van der Waals surface area contributed by atoms with Gasteiger partial charge in [0, 0.05) is 12.7 Å². The number of hydrogen-bond donors (Lipinski definition) is 1. The number of anilines is 1. The Morgan fingerprint density at radius 2 is 1.83 bits per heavy atom. The third-order valence-corrected chi connectivity index (χ3v) is 3.73. The van der Waals surface area contributed by atoms with E-state index < -0.39 is 5.76 Å². The molecule has 0 aliphatic carbocycles. The molecule has 2 aromatic carbocycles. The third kappa shape index (κ3) is 3.18. The topological polar surface area (TPSA) is 64.2 Å². The number of nitrogens with one attached hydrogen (secondary N) is 1. The van der Waals surface area contributed by atoms with Crippen LogP contribution in [0.1, 0.15) is 16.7 Å². The van der Waals surface area contributed by atoms with Gasteiger partial charge in [-0.25, -0.2) is 4.79 Å². The van der Waals surface area contributed by atoms with Gasteiger partial charge in [0.05, 0.1) is 11.9 Å². The number of oxazole rings is 1. The molecule has 0 spiro atoms. The highest BCUT2D eigenvalue weighted by Crippen LogP contribution is 2.17. The lowest BCUT2D eigenvalue weighted by atomic mass is 10.1. The predicted molar refractivity (Wildman–Crippen MR) is 89.7 cm³/mol. The zero-order valence-corrected chi connectivity index (χ0v) is 13.3. The van der Waals surface area contributed by atoms with Crippen molar-refractivity contribution in [3.63, 3.8) is 0 Å². The van der Waals surface area contributed by atoms with Crippen molar-refractivity contribution in [1.82, 2.24) is 4.57 Å². The van der Waals surface area contributed by atoms with E-state index in [-0.39, 0.29) is 12.3 Å². The van der Waals surface area contributed by atoms with Gasteiger partial charge in [-0.1, -0.05) is 12.1 Å². The van der Waals surface area contributed by atoms with Crippen LogP contribution in [-0.4, -0.2) is 10.5 Å². The van der Waals surface area contributed by atoms with E-state index in [2.05, 4.69) is 11.4 Å².